The molecule has 2 N–H and O–H groups in total. The highest BCUT2D eigenvalue weighted by Crippen LogP contribution is 2.37. The number of aryl methyl sites for hydroxylation is 2. The molecule has 0 saturated heterocycles. The van der Waals surface area contributed by atoms with Crippen LogP contribution in [0.1, 0.15) is 33.7 Å². The van der Waals surface area contributed by atoms with Crippen LogP contribution in [0, 0.1) is 20.8 Å². The Morgan fingerprint density at radius 3 is 2.21 bits per heavy atom. The zero-order valence-corrected chi connectivity index (χ0v) is 11.6. The molecule has 0 amide bonds. The zero-order chi connectivity index (χ0) is 14.0. The minimum Gasteiger partial charge on any atom is -0.507 e. The van der Waals surface area contributed by atoms with Gasteiger partial charge in [-0.1, -0.05) is 36.4 Å². The van der Waals surface area contributed by atoms with Crippen molar-refractivity contribution in [2.75, 3.05) is 6.61 Å². The van der Waals surface area contributed by atoms with E-state index in [2.05, 4.69) is 6.07 Å². The molecule has 2 rings (SSSR count). The molecule has 0 aliphatic carbocycles. The number of benzene rings is 2. The third kappa shape index (κ3) is 2.49. The molecule has 0 aliphatic rings. The van der Waals surface area contributed by atoms with Crippen molar-refractivity contribution in [1.82, 2.24) is 0 Å². The van der Waals surface area contributed by atoms with Gasteiger partial charge < -0.3 is 10.2 Å². The van der Waals surface area contributed by atoms with E-state index in [9.17, 15) is 10.2 Å². The van der Waals surface area contributed by atoms with Crippen molar-refractivity contribution >= 4 is 0 Å². The van der Waals surface area contributed by atoms with Crippen LogP contribution >= 0.6 is 0 Å². The minimum absolute atomic E-state index is 0.0130. The van der Waals surface area contributed by atoms with Gasteiger partial charge in [0.25, 0.3) is 0 Å². The molecule has 100 valence electrons. The zero-order valence-electron chi connectivity index (χ0n) is 11.6. The Kier molecular flexibility index (Phi) is 3.91. The van der Waals surface area contributed by atoms with Gasteiger partial charge in [-0.05, 0) is 43.0 Å². The van der Waals surface area contributed by atoms with Gasteiger partial charge in [0.2, 0.25) is 0 Å². The molecule has 2 heteroatoms. The molecule has 0 bridgehead atoms. The fraction of sp³-hybridized carbons (Fsp3) is 0.294. The Morgan fingerprint density at radius 1 is 1.00 bits per heavy atom. The van der Waals surface area contributed by atoms with Crippen LogP contribution in [0.25, 0.3) is 0 Å². The van der Waals surface area contributed by atoms with Crippen molar-refractivity contribution in [2.45, 2.75) is 26.7 Å². The third-order valence-corrected chi connectivity index (χ3v) is 3.79. The van der Waals surface area contributed by atoms with E-state index in [-0.39, 0.29) is 12.5 Å². The summed E-state index contributed by atoms with van der Waals surface area (Å²) in [6, 6.07) is 11.9. The Hall–Kier alpha value is -1.80. The normalized spacial score (nSPS) is 12.4. The minimum atomic E-state index is -0.180. The first-order valence-electron chi connectivity index (χ1n) is 6.51. The van der Waals surface area contributed by atoms with Crippen LogP contribution < -0.4 is 0 Å². The predicted octanol–water partition coefficient (Wildman–Crippen LogP) is 3.44. The lowest BCUT2D eigenvalue weighted by molar-refractivity contribution is 0.277. The SMILES string of the molecule is Cc1cc(C)c(C(CO)c2ccccc2)c(O)c1C. The summed E-state index contributed by atoms with van der Waals surface area (Å²) in [4.78, 5) is 0. The second kappa shape index (κ2) is 5.45. The molecule has 2 aromatic carbocycles. The second-order valence-corrected chi connectivity index (χ2v) is 5.04. The quantitative estimate of drug-likeness (QED) is 0.883. The van der Waals surface area contributed by atoms with Crippen LogP contribution in [-0.4, -0.2) is 16.8 Å². The first-order chi connectivity index (χ1) is 9.06. The maximum atomic E-state index is 10.4. The summed E-state index contributed by atoms with van der Waals surface area (Å²) in [5.41, 5.74) is 4.82. The lowest BCUT2D eigenvalue weighted by Gasteiger charge is -2.21. The van der Waals surface area contributed by atoms with Gasteiger partial charge >= 0.3 is 0 Å². The summed E-state index contributed by atoms with van der Waals surface area (Å²) in [7, 11) is 0. The molecule has 0 heterocycles. The molecule has 1 atom stereocenters. The summed E-state index contributed by atoms with van der Waals surface area (Å²) in [5, 5.41) is 20.1. The van der Waals surface area contributed by atoms with Crippen molar-refractivity contribution in [1.29, 1.82) is 0 Å². The number of rotatable bonds is 3. The van der Waals surface area contributed by atoms with E-state index in [1.54, 1.807) is 0 Å². The van der Waals surface area contributed by atoms with Crippen molar-refractivity contribution in [3.63, 3.8) is 0 Å². The molecule has 2 nitrogen and oxygen atoms in total. The van der Waals surface area contributed by atoms with Crippen LogP contribution in [0.15, 0.2) is 36.4 Å². The average molecular weight is 256 g/mol. The highest BCUT2D eigenvalue weighted by molar-refractivity contribution is 5.53. The molecule has 0 saturated carbocycles. The first kappa shape index (κ1) is 13.6. The fourth-order valence-corrected chi connectivity index (χ4v) is 2.57. The first-order valence-corrected chi connectivity index (χ1v) is 6.51. The van der Waals surface area contributed by atoms with E-state index >= 15 is 0 Å². The molecule has 19 heavy (non-hydrogen) atoms. The number of aliphatic hydroxyl groups excluding tert-OH is 1. The van der Waals surface area contributed by atoms with E-state index in [4.69, 9.17) is 0 Å². The molecule has 0 spiro atoms. The largest absolute Gasteiger partial charge is 0.507 e. The van der Waals surface area contributed by atoms with Gasteiger partial charge in [0.15, 0.2) is 0 Å². The fourth-order valence-electron chi connectivity index (χ4n) is 2.57. The molecule has 2 aromatic rings. The summed E-state index contributed by atoms with van der Waals surface area (Å²) in [5.74, 6) is 0.126. The van der Waals surface area contributed by atoms with Gasteiger partial charge in [-0.2, -0.15) is 0 Å². The van der Waals surface area contributed by atoms with Crippen LogP contribution in [0.2, 0.25) is 0 Å². The standard InChI is InChI=1S/C17H20O2/c1-11-9-12(2)16(17(19)13(11)3)15(10-18)14-7-5-4-6-8-14/h4-9,15,18-19H,10H2,1-3H3. The number of hydrogen-bond acceptors (Lipinski definition) is 2. The smallest absolute Gasteiger partial charge is 0.122 e. The number of aliphatic hydroxyl groups is 1. The lowest BCUT2D eigenvalue weighted by Crippen LogP contribution is -2.09. The van der Waals surface area contributed by atoms with Gasteiger partial charge in [-0.15, -0.1) is 0 Å². The van der Waals surface area contributed by atoms with Gasteiger partial charge in [-0.25, -0.2) is 0 Å². The lowest BCUT2D eigenvalue weighted by atomic mass is 9.86. The topological polar surface area (TPSA) is 40.5 Å². The second-order valence-electron chi connectivity index (χ2n) is 5.04. The van der Waals surface area contributed by atoms with Crippen LogP contribution in [0.4, 0.5) is 0 Å². The molecule has 1 unspecified atom stereocenters. The van der Waals surface area contributed by atoms with Crippen molar-refractivity contribution in [3.05, 3.63) is 64.2 Å². The van der Waals surface area contributed by atoms with Gasteiger partial charge in [0, 0.05) is 11.5 Å². The van der Waals surface area contributed by atoms with Crippen molar-refractivity contribution < 1.29 is 10.2 Å². The number of hydrogen-bond donors (Lipinski definition) is 2. The van der Waals surface area contributed by atoms with Gasteiger partial charge in [0.05, 0.1) is 6.61 Å². The van der Waals surface area contributed by atoms with Crippen molar-refractivity contribution in [2.24, 2.45) is 0 Å². The highest BCUT2D eigenvalue weighted by Gasteiger charge is 2.21. The Balaban J connectivity index is 2.60. The summed E-state index contributed by atoms with van der Waals surface area (Å²) in [6.07, 6.45) is 0. The summed E-state index contributed by atoms with van der Waals surface area (Å²) in [6.45, 7) is 5.86. The third-order valence-electron chi connectivity index (χ3n) is 3.79. The van der Waals surface area contributed by atoms with E-state index in [0.29, 0.717) is 5.75 Å². The molecular formula is C17H20O2. The van der Waals surface area contributed by atoms with E-state index in [1.807, 2.05) is 51.1 Å². The van der Waals surface area contributed by atoms with E-state index in [0.717, 1.165) is 27.8 Å². The Morgan fingerprint density at radius 2 is 1.63 bits per heavy atom. The number of aromatic hydroxyl groups is 1. The van der Waals surface area contributed by atoms with Gasteiger partial charge in [0.1, 0.15) is 5.75 Å². The van der Waals surface area contributed by atoms with Crippen molar-refractivity contribution in [3.8, 4) is 5.75 Å². The molecule has 0 aromatic heterocycles. The summed E-state index contributed by atoms with van der Waals surface area (Å²) < 4.78 is 0. The molecule has 0 radical (unpaired) electrons. The Bertz CT molecular complexity index is 574. The number of phenols is 1. The highest BCUT2D eigenvalue weighted by atomic mass is 16.3. The summed E-state index contributed by atoms with van der Waals surface area (Å²) >= 11 is 0. The average Bonchev–Trinajstić information content (AvgIpc) is 2.42. The van der Waals surface area contributed by atoms with Crippen LogP contribution in [-0.2, 0) is 0 Å². The number of phenolic OH excluding ortho intramolecular Hbond substituents is 1. The maximum absolute atomic E-state index is 10.4. The predicted molar refractivity (Wildman–Crippen MR) is 77.7 cm³/mol. The molecular weight excluding hydrogens is 236 g/mol. The van der Waals surface area contributed by atoms with E-state index < -0.39 is 0 Å². The molecule has 0 fully saturated rings. The monoisotopic (exact) mass is 256 g/mol. The molecule has 0 aliphatic heterocycles. The van der Waals surface area contributed by atoms with Crippen LogP contribution in [0.5, 0.6) is 5.75 Å². The Labute approximate surface area is 114 Å². The van der Waals surface area contributed by atoms with Gasteiger partial charge in [-0.3, -0.25) is 0 Å². The maximum Gasteiger partial charge on any atom is 0.122 e. The van der Waals surface area contributed by atoms with Crippen LogP contribution in [0.3, 0.4) is 0 Å². The van der Waals surface area contributed by atoms with E-state index in [1.165, 1.54) is 0 Å².